The maximum absolute atomic E-state index is 12.6. The topological polar surface area (TPSA) is 71.9 Å². The Labute approximate surface area is 212 Å². The number of methoxy groups -OCH3 is 2. The summed E-state index contributed by atoms with van der Waals surface area (Å²) in [7, 11) is 5.19. The monoisotopic (exact) mass is 491 g/mol. The van der Waals surface area contributed by atoms with Crippen LogP contribution in [0.3, 0.4) is 0 Å². The highest BCUT2D eigenvalue weighted by Gasteiger charge is 2.24. The standard InChI is InChI=1S/C28H37N5O3/c1-31-18-24(22-6-9-30-16-23(22)28(31)34)21-14-26(35-2)25(27(15-21)36-3)19-33-12-10-32(11-13-33)17-20-4-7-29-8-5-20/h6,9,14-16,18,20,29H,4-5,7-8,10-13,17,19H2,1-3H3. The van der Waals surface area contributed by atoms with Gasteiger partial charge in [0.1, 0.15) is 11.5 Å². The van der Waals surface area contributed by atoms with Gasteiger partial charge >= 0.3 is 0 Å². The second kappa shape index (κ2) is 11.0. The number of nitrogens with zero attached hydrogens (tertiary/aromatic N) is 4. The highest BCUT2D eigenvalue weighted by molar-refractivity contribution is 5.95. The molecule has 0 aliphatic carbocycles. The minimum Gasteiger partial charge on any atom is -0.496 e. The largest absolute Gasteiger partial charge is 0.496 e. The zero-order chi connectivity index (χ0) is 25.1. The predicted octanol–water partition coefficient (Wildman–Crippen LogP) is 2.73. The molecule has 192 valence electrons. The third-order valence-electron chi connectivity index (χ3n) is 7.73. The van der Waals surface area contributed by atoms with E-state index in [-0.39, 0.29) is 5.56 Å². The minimum absolute atomic E-state index is 0.0586. The van der Waals surface area contributed by atoms with Crippen molar-refractivity contribution in [2.75, 3.05) is 60.0 Å². The van der Waals surface area contributed by atoms with E-state index in [1.54, 1.807) is 38.2 Å². The van der Waals surface area contributed by atoms with Gasteiger partial charge in [-0.15, -0.1) is 0 Å². The van der Waals surface area contributed by atoms with Crippen molar-refractivity contribution in [3.05, 3.63) is 52.7 Å². The van der Waals surface area contributed by atoms with Crippen LogP contribution in [0.15, 0.2) is 41.6 Å². The summed E-state index contributed by atoms with van der Waals surface area (Å²) >= 11 is 0. The lowest BCUT2D eigenvalue weighted by molar-refractivity contribution is 0.106. The molecule has 0 atom stereocenters. The molecule has 5 rings (SSSR count). The van der Waals surface area contributed by atoms with Crippen LogP contribution in [-0.2, 0) is 13.6 Å². The lowest BCUT2D eigenvalue weighted by Gasteiger charge is -2.37. The fourth-order valence-corrected chi connectivity index (χ4v) is 5.62. The number of benzene rings is 1. The molecule has 8 nitrogen and oxygen atoms in total. The molecule has 0 radical (unpaired) electrons. The van der Waals surface area contributed by atoms with Gasteiger partial charge in [-0.1, -0.05) is 0 Å². The summed E-state index contributed by atoms with van der Waals surface area (Å²) in [5.41, 5.74) is 2.90. The van der Waals surface area contributed by atoms with E-state index in [1.807, 2.05) is 12.3 Å². The zero-order valence-electron chi connectivity index (χ0n) is 21.6. The number of aromatic nitrogens is 2. The van der Waals surface area contributed by atoms with Gasteiger partial charge in [0.2, 0.25) is 0 Å². The summed E-state index contributed by atoms with van der Waals surface area (Å²) in [6.45, 7) is 8.61. The summed E-state index contributed by atoms with van der Waals surface area (Å²) < 4.78 is 13.4. The van der Waals surface area contributed by atoms with Crippen LogP contribution in [0, 0.1) is 5.92 Å². The van der Waals surface area contributed by atoms with Gasteiger partial charge in [-0.2, -0.15) is 0 Å². The Morgan fingerprint density at radius 3 is 2.33 bits per heavy atom. The zero-order valence-corrected chi connectivity index (χ0v) is 21.6. The molecule has 4 heterocycles. The summed E-state index contributed by atoms with van der Waals surface area (Å²) in [5.74, 6) is 2.44. The van der Waals surface area contributed by atoms with Crippen LogP contribution in [-0.4, -0.2) is 79.4 Å². The van der Waals surface area contributed by atoms with Crippen molar-refractivity contribution in [2.45, 2.75) is 19.4 Å². The molecule has 0 unspecified atom stereocenters. The van der Waals surface area contributed by atoms with Crippen molar-refractivity contribution in [3.8, 4) is 22.6 Å². The van der Waals surface area contributed by atoms with Crippen LogP contribution in [0.1, 0.15) is 18.4 Å². The number of nitrogens with one attached hydrogen (secondary N) is 1. The highest BCUT2D eigenvalue weighted by atomic mass is 16.5. The second-order valence-corrected chi connectivity index (χ2v) is 10.0. The SMILES string of the molecule is COc1cc(-c2cn(C)c(=O)c3cnccc23)cc(OC)c1CN1CCN(CC2CCNCC2)CC1. The average molecular weight is 492 g/mol. The number of aryl methyl sites for hydroxylation is 1. The first-order valence-electron chi connectivity index (χ1n) is 12.9. The molecule has 2 aliphatic rings. The van der Waals surface area contributed by atoms with E-state index in [1.165, 1.54) is 19.4 Å². The third-order valence-corrected chi connectivity index (χ3v) is 7.73. The number of rotatable bonds is 7. The smallest absolute Gasteiger partial charge is 0.259 e. The van der Waals surface area contributed by atoms with Gasteiger partial charge in [-0.3, -0.25) is 14.7 Å². The summed E-state index contributed by atoms with van der Waals surface area (Å²) in [6.07, 6.45) is 7.82. The number of piperidine rings is 1. The van der Waals surface area contributed by atoms with Crippen LogP contribution in [0.2, 0.25) is 0 Å². The van der Waals surface area contributed by atoms with Crippen LogP contribution in [0.4, 0.5) is 0 Å². The molecule has 2 fully saturated rings. The first kappa shape index (κ1) is 24.7. The lowest BCUT2D eigenvalue weighted by Crippen LogP contribution is -2.48. The molecule has 2 aromatic heterocycles. The number of pyridine rings is 2. The number of piperazine rings is 1. The molecule has 0 bridgehead atoms. The van der Waals surface area contributed by atoms with Gasteiger partial charge in [-0.25, -0.2) is 0 Å². The Balaban J connectivity index is 1.37. The average Bonchev–Trinajstić information content (AvgIpc) is 2.92. The van der Waals surface area contributed by atoms with Gasteiger partial charge in [-0.05, 0) is 61.0 Å². The molecular weight excluding hydrogens is 454 g/mol. The molecule has 0 amide bonds. The highest BCUT2D eigenvalue weighted by Crippen LogP contribution is 2.38. The number of hydrogen-bond donors (Lipinski definition) is 1. The molecule has 3 aromatic rings. The van der Waals surface area contributed by atoms with E-state index < -0.39 is 0 Å². The first-order valence-corrected chi connectivity index (χ1v) is 12.9. The van der Waals surface area contributed by atoms with Crippen molar-refractivity contribution in [1.29, 1.82) is 0 Å². The molecule has 0 spiro atoms. The van der Waals surface area contributed by atoms with E-state index in [0.29, 0.717) is 5.39 Å². The maximum Gasteiger partial charge on any atom is 0.259 e. The minimum atomic E-state index is -0.0586. The van der Waals surface area contributed by atoms with E-state index in [0.717, 1.165) is 85.3 Å². The second-order valence-electron chi connectivity index (χ2n) is 10.0. The van der Waals surface area contributed by atoms with E-state index in [9.17, 15) is 4.79 Å². The third kappa shape index (κ3) is 5.12. The summed E-state index contributed by atoms with van der Waals surface area (Å²) in [4.78, 5) is 21.9. The fraction of sp³-hybridized carbons (Fsp3) is 0.500. The lowest BCUT2D eigenvalue weighted by atomic mass is 9.97. The molecule has 8 heteroatoms. The molecule has 36 heavy (non-hydrogen) atoms. The van der Waals surface area contributed by atoms with E-state index >= 15 is 0 Å². The van der Waals surface area contributed by atoms with Crippen LogP contribution < -0.4 is 20.3 Å². The molecule has 1 aromatic carbocycles. The van der Waals surface area contributed by atoms with Gasteiger partial charge in [0.05, 0.1) is 25.2 Å². The van der Waals surface area contributed by atoms with Crippen LogP contribution in [0.25, 0.3) is 21.9 Å². The normalized spacial score (nSPS) is 18.0. The van der Waals surface area contributed by atoms with Crippen molar-refractivity contribution in [3.63, 3.8) is 0 Å². The van der Waals surface area contributed by atoms with Gasteiger partial charge < -0.3 is 24.3 Å². The van der Waals surface area contributed by atoms with Crippen molar-refractivity contribution in [2.24, 2.45) is 13.0 Å². The van der Waals surface area contributed by atoms with E-state index in [2.05, 4.69) is 32.2 Å². The van der Waals surface area contributed by atoms with Gasteiger partial charge in [0.15, 0.2) is 0 Å². The maximum atomic E-state index is 12.6. The summed E-state index contributed by atoms with van der Waals surface area (Å²) in [6, 6.07) is 6.01. The van der Waals surface area contributed by atoms with Crippen LogP contribution in [0.5, 0.6) is 11.5 Å². The van der Waals surface area contributed by atoms with Crippen molar-refractivity contribution >= 4 is 10.8 Å². The molecule has 2 saturated heterocycles. The quantitative estimate of drug-likeness (QED) is 0.545. The Kier molecular flexibility index (Phi) is 7.55. The number of hydrogen-bond acceptors (Lipinski definition) is 7. The Hall–Kier alpha value is -2.94. The van der Waals surface area contributed by atoms with Gasteiger partial charge in [0, 0.05) is 70.5 Å². The fourth-order valence-electron chi connectivity index (χ4n) is 5.62. The molecule has 0 saturated carbocycles. The Morgan fingerprint density at radius 2 is 1.67 bits per heavy atom. The van der Waals surface area contributed by atoms with Crippen molar-refractivity contribution < 1.29 is 9.47 Å². The predicted molar refractivity (Wildman–Crippen MR) is 143 cm³/mol. The first-order chi connectivity index (χ1) is 17.6. The Bertz CT molecular complexity index is 1230. The molecule has 2 aliphatic heterocycles. The van der Waals surface area contributed by atoms with Crippen molar-refractivity contribution in [1.82, 2.24) is 24.7 Å². The Morgan fingerprint density at radius 1 is 1.00 bits per heavy atom. The van der Waals surface area contributed by atoms with Crippen LogP contribution >= 0.6 is 0 Å². The number of fused-ring (bicyclic) bond motifs is 1. The van der Waals surface area contributed by atoms with Gasteiger partial charge in [0.25, 0.3) is 5.56 Å². The summed E-state index contributed by atoms with van der Waals surface area (Å²) in [5, 5.41) is 4.94. The molecule has 1 N–H and O–H groups in total. The number of ether oxygens (including phenoxy) is 2. The molecular formula is C28H37N5O3. The van der Waals surface area contributed by atoms with E-state index in [4.69, 9.17) is 9.47 Å².